The largest absolute Gasteiger partial charge is 0.378 e. The lowest BCUT2D eigenvalue weighted by Crippen LogP contribution is -2.36. The molecule has 2 aromatic rings. The lowest BCUT2D eigenvalue weighted by atomic mass is 10.0. The van der Waals surface area contributed by atoms with Gasteiger partial charge in [-0.2, -0.15) is 0 Å². The van der Waals surface area contributed by atoms with Crippen molar-refractivity contribution in [1.29, 1.82) is 0 Å². The minimum absolute atomic E-state index is 0.0709. The predicted molar refractivity (Wildman–Crippen MR) is 103 cm³/mol. The summed E-state index contributed by atoms with van der Waals surface area (Å²) in [6, 6.07) is 3.92. The first-order valence-corrected chi connectivity index (χ1v) is 10.2. The lowest BCUT2D eigenvalue weighted by molar-refractivity contribution is 0.102. The molecule has 0 bridgehead atoms. The number of amides is 1. The molecule has 0 aromatic carbocycles. The summed E-state index contributed by atoms with van der Waals surface area (Å²) in [6.45, 7) is 5.10. The molecule has 2 aliphatic rings. The van der Waals surface area contributed by atoms with Crippen molar-refractivity contribution >= 4 is 28.7 Å². The van der Waals surface area contributed by atoms with Crippen LogP contribution in [0.2, 0.25) is 0 Å². The van der Waals surface area contributed by atoms with E-state index in [2.05, 4.69) is 20.2 Å². The first-order chi connectivity index (χ1) is 12.7. The summed E-state index contributed by atoms with van der Waals surface area (Å²) in [4.78, 5) is 24.9. The molecule has 1 amide bonds. The number of hydrogen-bond acceptors (Lipinski definition) is 6. The molecule has 26 heavy (non-hydrogen) atoms. The van der Waals surface area contributed by atoms with Crippen LogP contribution in [-0.2, 0) is 4.74 Å². The molecule has 1 N–H and O–H groups in total. The number of carbonyl (C=O) groups excluding carboxylic acids is 1. The highest BCUT2D eigenvalue weighted by atomic mass is 32.1. The van der Waals surface area contributed by atoms with Crippen LogP contribution in [0.1, 0.15) is 52.7 Å². The summed E-state index contributed by atoms with van der Waals surface area (Å²) >= 11 is 1.43. The van der Waals surface area contributed by atoms with E-state index >= 15 is 0 Å². The Labute approximate surface area is 157 Å². The van der Waals surface area contributed by atoms with E-state index in [9.17, 15) is 4.79 Å². The summed E-state index contributed by atoms with van der Waals surface area (Å²) in [6.07, 6.45) is 4.74. The number of aromatic nitrogens is 2. The van der Waals surface area contributed by atoms with Gasteiger partial charge in [0.15, 0.2) is 0 Å². The minimum atomic E-state index is -0.0709. The Hall–Kier alpha value is -1.99. The van der Waals surface area contributed by atoms with Gasteiger partial charge in [0.2, 0.25) is 0 Å². The van der Waals surface area contributed by atoms with E-state index in [0.717, 1.165) is 66.9 Å². The Balaban J connectivity index is 1.48. The number of morpholine rings is 1. The number of pyridine rings is 1. The second-order valence-electron chi connectivity index (χ2n) is 6.90. The number of thiazole rings is 1. The maximum atomic E-state index is 12.8. The van der Waals surface area contributed by atoms with E-state index in [1.807, 2.05) is 19.1 Å². The molecule has 1 aliphatic carbocycles. The number of rotatable bonds is 4. The summed E-state index contributed by atoms with van der Waals surface area (Å²) < 4.78 is 5.39. The third-order valence-corrected chi connectivity index (χ3v) is 6.04. The highest BCUT2D eigenvalue weighted by Gasteiger charge is 2.25. The van der Waals surface area contributed by atoms with Gasteiger partial charge in [0.1, 0.15) is 10.7 Å². The number of ether oxygens (including phenoxy) is 1. The summed E-state index contributed by atoms with van der Waals surface area (Å²) in [5.41, 5.74) is 4.35. The van der Waals surface area contributed by atoms with Crippen LogP contribution in [0.4, 0.5) is 11.5 Å². The molecule has 1 aliphatic heterocycles. The maximum Gasteiger partial charge on any atom is 0.267 e. The fraction of sp³-hybridized carbons (Fsp3) is 0.526. The number of hydrogen-bond donors (Lipinski definition) is 1. The van der Waals surface area contributed by atoms with Crippen LogP contribution < -0.4 is 10.2 Å². The SMILES string of the molecule is Cc1nc(N2CCOCC2)ccc1NC(=O)c1scnc1C1CCCC1. The van der Waals surface area contributed by atoms with Gasteiger partial charge in [-0.05, 0) is 31.9 Å². The molecule has 7 heteroatoms. The van der Waals surface area contributed by atoms with Gasteiger partial charge < -0.3 is 15.0 Å². The molecule has 0 atom stereocenters. The monoisotopic (exact) mass is 372 g/mol. The first kappa shape index (κ1) is 17.4. The van der Waals surface area contributed by atoms with Crippen molar-refractivity contribution < 1.29 is 9.53 Å². The molecule has 1 saturated carbocycles. The molecule has 4 rings (SSSR count). The van der Waals surface area contributed by atoms with Crippen molar-refractivity contribution in [1.82, 2.24) is 9.97 Å². The van der Waals surface area contributed by atoms with Crippen molar-refractivity contribution in [3.8, 4) is 0 Å². The highest BCUT2D eigenvalue weighted by Crippen LogP contribution is 2.36. The summed E-state index contributed by atoms with van der Waals surface area (Å²) in [7, 11) is 0. The van der Waals surface area contributed by atoms with E-state index in [1.54, 1.807) is 5.51 Å². The van der Waals surface area contributed by atoms with Gasteiger partial charge in [0.05, 0.1) is 35.8 Å². The molecule has 2 fully saturated rings. The van der Waals surface area contributed by atoms with Gasteiger partial charge in [0.25, 0.3) is 5.91 Å². The molecule has 1 saturated heterocycles. The second-order valence-corrected chi connectivity index (χ2v) is 7.76. The van der Waals surface area contributed by atoms with Crippen LogP contribution >= 0.6 is 11.3 Å². The Kier molecular flexibility index (Phi) is 5.17. The Morgan fingerprint density at radius 2 is 2.04 bits per heavy atom. The Morgan fingerprint density at radius 3 is 2.77 bits per heavy atom. The van der Waals surface area contributed by atoms with Gasteiger partial charge in [-0.1, -0.05) is 12.8 Å². The van der Waals surface area contributed by atoms with E-state index in [0.29, 0.717) is 5.92 Å². The first-order valence-electron chi connectivity index (χ1n) is 9.27. The van der Waals surface area contributed by atoms with Crippen LogP contribution in [0.25, 0.3) is 0 Å². The average Bonchev–Trinajstić information content (AvgIpc) is 3.35. The highest BCUT2D eigenvalue weighted by molar-refractivity contribution is 7.12. The van der Waals surface area contributed by atoms with E-state index in [4.69, 9.17) is 4.74 Å². The maximum absolute atomic E-state index is 12.8. The fourth-order valence-electron chi connectivity index (χ4n) is 3.74. The van der Waals surface area contributed by atoms with Gasteiger partial charge in [-0.15, -0.1) is 11.3 Å². The van der Waals surface area contributed by atoms with Crippen LogP contribution in [0.3, 0.4) is 0 Å². The van der Waals surface area contributed by atoms with E-state index in [-0.39, 0.29) is 5.91 Å². The number of aryl methyl sites for hydroxylation is 1. The molecule has 0 radical (unpaired) electrons. The van der Waals surface area contributed by atoms with Crippen molar-refractivity contribution in [2.24, 2.45) is 0 Å². The van der Waals surface area contributed by atoms with Crippen LogP contribution in [-0.4, -0.2) is 42.2 Å². The average molecular weight is 372 g/mol. The second kappa shape index (κ2) is 7.72. The zero-order valence-corrected chi connectivity index (χ0v) is 15.8. The third kappa shape index (κ3) is 3.59. The number of nitrogens with one attached hydrogen (secondary N) is 1. The van der Waals surface area contributed by atoms with Crippen LogP contribution in [0.5, 0.6) is 0 Å². The molecule has 6 nitrogen and oxygen atoms in total. The van der Waals surface area contributed by atoms with E-state index < -0.39 is 0 Å². The Morgan fingerprint density at radius 1 is 1.27 bits per heavy atom. The molecule has 3 heterocycles. The predicted octanol–water partition coefficient (Wildman–Crippen LogP) is 3.59. The zero-order chi connectivity index (χ0) is 17.9. The Bertz CT molecular complexity index is 780. The van der Waals surface area contributed by atoms with Gasteiger partial charge in [0, 0.05) is 19.0 Å². The minimum Gasteiger partial charge on any atom is -0.378 e. The number of nitrogens with zero attached hydrogens (tertiary/aromatic N) is 3. The van der Waals surface area contributed by atoms with Crippen LogP contribution in [0.15, 0.2) is 17.6 Å². The van der Waals surface area contributed by atoms with Gasteiger partial charge >= 0.3 is 0 Å². The van der Waals surface area contributed by atoms with Crippen molar-refractivity contribution in [2.45, 2.75) is 38.5 Å². The van der Waals surface area contributed by atoms with Crippen molar-refractivity contribution in [2.75, 3.05) is 36.5 Å². The van der Waals surface area contributed by atoms with Crippen molar-refractivity contribution in [3.63, 3.8) is 0 Å². The standard InChI is InChI=1S/C19H24N4O2S/c1-13-15(6-7-16(21-13)23-8-10-25-11-9-23)22-19(24)18-17(20-12-26-18)14-4-2-3-5-14/h6-7,12,14H,2-5,8-11H2,1H3,(H,22,24). The number of carbonyl (C=O) groups is 1. The fourth-order valence-corrected chi connectivity index (χ4v) is 4.51. The quantitative estimate of drug-likeness (QED) is 0.888. The van der Waals surface area contributed by atoms with E-state index in [1.165, 1.54) is 24.2 Å². The smallest absolute Gasteiger partial charge is 0.267 e. The van der Waals surface area contributed by atoms with Gasteiger partial charge in [-0.25, -0.2) is 9.97 Å². The topological polar surface area (TPSA) is 67.3 Å². The molecule has 0 spiro atoms. The third-order valence-electron chi connectivity index (χ3n) is 5.20. The number of anilines is 2. The summed E-state index contributed by atoms with van der Waals surface area (Å²) in [5.74, 6) is 1.30. The molecule has 0 unspecified atom stereocenters. The molecule has 2 aromatic heterocycles. The normalized spacial score (nSPS) is 18.3. The zero-order valence-electron chi connectivity index (χ0n) is 15.0. The lowest BCUT2D eigenvalue weighted by Gasteiger charge is -2.28. The molecule has 138 valence electrons. The summed E-state index contributed by atoms with van der Waals surface area (Å²) in [5, 5.41) is 3.03. The molecular formula is C19H24N4O2S. The van der Waals surface area contributed by atoms with Crippen LogP contribution in [0, 0.1) is 6.92 Å². The van der Waals surface area contributed by atoms with Gasteiger partial charge in [-0.3, -0.25) is 4.79 Å². The van der Waals surface area contributed by atoms with Crippen molar-refractivity contribution in [3.05, 3.63) is 33.9 Å². The molecular weight excluding hydrogens is 348 g/mol.